The monoisotopic (exact) mass is 173 g/mol. The molecule has 12 heavy (non-hydrogen) atoms. The topological polar surface area (TPSA) is 21.3 Å². The van der Waals surface area contributed by atoms with Crippen molar-refractivity contribution in [1.82, 2.24) is 5.32 Å². The fourth-order valence-corrected chi connectivity index (χ4v) is 1.11. The highest BCUT2D eigenvalue weighted by molar-refractivity contribution is 4.71. The summed E-state index contributed by atoms with van der Waals surface area (Å²) in [7, 11) is 0. The first kappa shape index (κ1) is 11.9. The first-order chi connectivity index (χ1) is 5.57. The van der Waals surface area contributed by atoms with Crippen LogP contribution in [0.25, 0.3) is 0 Å². The Morgan fingerprint density at radius 2 is 1.75 bits per heavy atom. The predicted octanol–water partition coefficient (Wildman–Crippen LogP) is 2.05. The van der Waals surface area contributed by atoms with Crippen molar-refractivity contribution in [1.29, 1.82) is 0 Å². The van der Waals surface area contributed by atoms with Gasteiger partial charge in [0.1, 0.15) is 0 Å². The molecule has 0 aromatic carbocycles. The van der Waals surface area contributed by atoms with Gasteiger partial charge in [-0.25, -0.2) is 0 Å². The summed E-state index contributed by atoms with van der Waals surface area (Å²) >= 11 is 0. The van der Waals surface area contributed by atoms with E-state index in [1.807, 2.05) is 6.92 Å². The summed E-state index contributed by atoms with van der Waals surface area (Å²) in [5.41, 5.74) is 0. The Kier molecular flexibility index (Phi) is 6.39. The van der Waals surface area contributed by atoms with E-state index in [2.05, 4.69) is 33.0 Å². The normalized spacial score (nSPS) is 14.2. The number of rotatable bonds is 6. The molecule has 0 aromatic heterocycles. The Morgan fingerprint density at radius 3 is 2.08 bits per heavy atom. The van der Waals surface area contributed by atoms with E-state index in [1.54, 1.807) is 0 Å². The third kappa shape index (κ3) is 5.56. The van der Waals surface area contributed by atoms with Crippen molar-refractivity contribution in [2.75, 3.05) is 13.2 Å². The van der Waals surface area contributed by atoms with Crippen LogP contribution in [0.5, 0.6) is 0 Å². The number of hydrogen-bond acceptors (Lipinski definition) is 2. The Balaban J connectivity index is 3.70. The molecule has 0 saturated carbocycles. The molecule has 0 heterocycles. The van der Waals surface area contributed by atoms with Gasteiger partial charge in [0.15, 0.2) is 0 Å². The van der Waals surface area contributed by atoms with Gasteiger partial charge in [-0.2, -0.15) is 0 Å². The van der Waals surface area contributed by atoms with Crippen molar-refractivity contribution in [2.24, 2.45) is 5.92 Å². The molecule has 0 bridgehead atoms. The lowest BCUT2D eigenvalue weighted by atomic mass is 10.0. The average Bonchev–Trinajstić information content (AvgIpc) is 1.96. The smallest absolute Gasteiger partial charge is 0.0622 e. The quantitative estimate of drug-likeness (QED) is 0.663. The fraction of sp³-hybridized carbons (Fsp3) is 1.00. The van der Waals surface area contributed by atoms with E-state index in [-0.39, 0.29) is 0 Å². The maximum Gasteiger partial charge on any atom is 0.0622 e. The van der Waals surface area contributed by atoms with E-state index in [0.29, 0.717) is 18.0 Å². The standard InChI is InChI=1S/C10H23NO/c1-6-12-7-10(8(2)3)11-9(4)5/h8-11H,6-7H2,1-5H3. The van der Waals surface area contributed by atoms with Gasteiger partial charge in [-0.05, 0) is 12.8 Å². The Labute approximate surface area is 76.7 Å². The van der Waals surface area contributed by atoms with Crippen molar-refractivity contribution < 1.29 is 4.74 Å². The minimum Gasteiger partial charge on any atom is -0.380 e. The maximum absolute atomic E-state index is 5.40. The van der Waals surface area contributed by atoms with Crippen LogP contribution in [-0.2, 0) is 4.74 Å². The molecule has 0 saturated heterocycles. The molecule has 1 unspecified atom stereocenters. The van der Waals surface area contributed by atoms with Crippen LogP contribution in [0.3, 0.4) is 0 Å². The molecule has 0 spiro atoms. The first-order valence-corrected chi connectivity index (χ1v) is 4.91. The van der Waals surface area contributed by atoms with Gasteiger partial charge in [-0.1, -0.05) is 27.7 Å². The molecule has 1 N–H and O–H groups in total. The first-order valence-electron chi connectivity index (χ1n) is 4.91. The minimum absolute atomic E-state index is 0.491. The number of nitrogens with one attached hydrogen (secondary N) is 1. The molecule has 0 aliphatic rings. The van der Waals surface area contributed by atoms with Gasteiger partial charge >= 0.3 is 0 Å². The molecule has 0 fully saturated rings. The van der Waals surface area contributed by atoms with Crippen LogP contribution in [0, 0.1) is 5.92 Å². The van der Waals surface area contributed by atoms with Crippen LogP contribution in [-0.4, -0.2) is 25.3 Å². The zero-order chi connectivity index (χ0) is 9.56. The summed E-state index contributed by atoms with van der Waals surface area (Å²) in [6.45, 7) is 12.4. The Hall–Kier alpha value is -0.0800. The minimum atomic E-state index is 0.491. The largest absolute Gasteiger partial charge is 0.380 e. The molecular formula is C10H23NO. The highest BCUT2D eigenvalue weighted by atomic mass is 16.5. The highest BCUT2D eigenvalue weighted by Crippen LogP contribution is 2.03. The molecule has 2 heteroatoms. The third-order valence-electron chi connectivity index (χ3n) is 1.85. The molecule has 0 rings (SSSR count). The Morgan fingerprint density at radius 1 is 1.17 bits per heavy atom. The molecular weight excluding hydrogens is 150 g/mol. The molecule has 0 aromatic rings. The van der Waals surface area contributed by atoms with Crippen LogP contribution in [0.1, 0.15) is 34.6 Å². The van der Waals surface area contributed by atoms with Crippen LogP contribution >= 0.6 is 0 Å². The van der Waals surface area contributed by atoms with Crippen molar-refractivity contribution in [3.05, 3.63) is 0 Å². The number of hydrogen-bond donors (Lipinski definition) is 1. The second-order valence-corrected chi connectivity index (χ2v) is 3.83. The summed E-state index contributed by atoms with van der Waals surface area (Å²) in [6, 6.07) is 1.03. The summed E-state index contributed by atoms with van der Waals surface area (Å²) < 4.78 is 5.40. The zero-order valence-corrected chi connectivity index (χ0v) is 9.05. The second kappa shape index (κ2) is 6.44. The maximum atomic E-state index is 5.40. The van der Waals surface area contributed by atoms with Gasteiger partial charge < -0.3 is 10.1 Å². The van der Waals surface area contributed by atoms with Gasteiger partial charge in [0.25, 0.3) is 0 Å². The zero-order valence-electron chi connectivity index (χ0n) is 9.05. The van der Waals surface area contributed by atoms with Gasteiger partial charge in [0.2, 0.25) is 0 Å². The average molecular weight is 173 g/mol. The summed E-state index contributed by atoms with van der Waals surface area (Å²) in [5, 5.41) is 3.49. The fourth-order valence-electron chi connectivity index (χ4n) is 1.11. The lowest BCUT2D eigenvalue weighted by molar-refractivity contribution is 0.105. The SMILES string of the molecule is CCOCC(NC(C)C)C(C)C. The molecule has 74 valence electrons. The van der Waals surface area contributed by atoms with Gasteiger partial charge in [0.05, 0.1) is 6.61 Å². The van der Waals surface area contributed by atoms with Crippen molar-refractivity contribution in [3.8, 4) is 0 Å². The lowest BCUT2D eigenvalue weighted by Crippen LogP contribution is -2.41. The summed E-state index contributed by atoms with van der Waals surface area (Å²) in [6.07, 6.45) is 0. The lowest BCUT2D eigenvalue weighted by Gasteiger charge is -2.24. The van der Waals surface area contributed by atoms with Gasteiger partial charge in [0, 0.05) is 18.7 Å². The van der Waals surface area contributed by atoms with Crippen molar-refractivity contribution in [2.45, 2.75) is 46.7 Å². The van der Waals surface area contributed by atoms with E-state index in [0.717, 1.165) is 13.2 Å². The van der Waals surface area contributed by atoms with E-state index in [4.69, 9.17) is 4.74 Å². The van der Waals surface area contributed by atoms with E-state index < -0.39 is 0 Å². The Bertz CT molecular complexity index is 102. The van der Waals surface area contributed by atoms with Gasteiger partial charge in [-0.3, -0.25) is 0 Å². The molecule has 2 nitrogen and oxygen atoms in total. The molecule has 0 aliphatic heterocycles. The molecule has 0 aliphatic carbocycles. The second-order valence-electron chi connectivity index (χ2n) is 3.83. The highest BCUT2D eigenvalue weighted by Gasteiger charge is 2.13. The molecule has 0 amide bonds. The van der Waals surface area contributed by atoms with Crippen LogP contribution in [0.2, 0.25) is 0 Å². The molecule has 0 radical (unpaired) electrons. The summed E-state index contributed by atoms with van der Waals surface area (Å²) in [5.74, 6) is 0.638. The number of ether oxygens (including phenoxy) is 1. The van der Waals surface area contributed by atoms with E-state index in [9.17, 15) is 0 Å². The van der Waals surface area contributed by atoms with E-state index >= 15 is 0 Å². The van der Waals surface area contributed by atoms with Crippen molar-refractivity contribution >= 4 is 0 Å². The molecule has 1 atom stereocenters. The third-order valence-corrected chi connectivity index (χ3v) is 1.85. The van der Waals surface area contributed by atoms with Gasteiger partial charge in [-0.15, -0.1) is 0 Å². The summed E-state index contributed by atoms with van der Waals surface area (Å²) in [4.78, 5) is 0. The van der Waals surface area contributed by atoms with Crippen LogP contribution in [0.4, 0.5) is 0 Å². The van der Waals surface area contributed by atoms with Crippen molar-refractivity contribution in [3.63, 3.8) is 0 Å². The van der Waals surface area contributed by atoms with Crippen LogP contribution in [0.15, 0.2) is 0 Å². The predicted molar refractivity (Wildman–Crippen MR) is 53.4 cm³/mol. The van der Waals surface area contributed by atoms with E-state index in [1.165, 1.54) is 0 Å². The van der Waals surface area contributed by atoms with Crippen LogP contribution < -0.4 is 5.32 Å².